The molecule has 0 amide bonds. The van der Waals surface area contributed by atoms with Gasteiger partial charge in [-0.15, -0.1) is 0 Å². The Bertz CT molecular complexity index is 880. The lowest BCUT2D eigenvalue weighted by molar-refractivity contribution is -0.196. The summed E-state index contributed by atoms with van der Waals surface area (Å²) in [5.41, 5.74) is 1.70. The van der Waals surface area contributed by atoms with Crippen LogP contribution in [0.4, 0.5) is 0 Å². The number of likely N-dealkylation sites (tertiary alicyclic amines) is 1. The third-order valence-electron chi connectivity index (χ3n) is 7.18. The summed E-state index contributed by atoms with van der Waals surface area (Å²) in [7, 11) is 3.85. The van der Waals surface area contributed by atoms with Crippen molar-refractivity contribution >= 4 is 5.97 Å². The highest BCUT2D eigenvalue weighted by atomic mass is 16.6. The van der Waals surface area contributed by atoms with E-state index in [0.717, 1.165) is 30.9 Å². The fourth-order valence-electron chi connectivity index (χ4n) is 6.26. The van der Waals surface area contributed by atoms with Crippen LogP contribution in [0.3, 0.4) is 0 Å². The number of carbonyl (C=O) groups excluding carboxylic acids is 1. The molecule has 6 nitrogen and oxygen atoms in total. The number of hydrogen-bond acceptors (Lipinski definition) is 6. The SMILES string of the molecule is CCOC12CC=C(OC(C)=O)C3Oc4c(OC)ccc5c4C31CCN(C)C2C5. The maximum Gasteiger partial charge on any atom is 0.307 e. The standard InChI is InChI=1S/C22H27NO5/c1-5-26-22-9-8-16(27-13(2)24)20-21(22)10-11-23(3)17(22)12-14-6-7-15(25-4)19(28-20)18(14)21/h6-8,17,20H,5,9-12H2,1-4H3. The maximum absolute atomic E-state index is 11.8. The van der Waals surface area contributed by atoms with E-state index in [2.05, 4.69) is 24.9 Å². The van der Waals surface area contributed by atoms with Gasteiger partial charge in [-0.1, -0.05) is 6.07 Å². The van der Waals surface area contributed by atoms with E-state index in [1.807, 2.05) is 12.1 Å². The second kappa shape index (κ2) is 5.97. The molecule has 4 atom stereocenters. The zero-order valence-corrected chi connectivity index (χ0v) is 16.9. The van der Waals surface area contributed by atoms with Gasteiger partial charge in [0.25, 0.3) is 0 Å². The largest absolute Gasteiger partial charge is 0.493 e. The Labute approximate surface area is 165 Å². The number of carbonyl (C=O) groups is 1. The van der Waals surface area contributed by atoms with Crippen LogP contribution in [0.1, 0.15) is 37.8 Å². The second-order valence-corrected chi connectivity index (χ2v) is 8.28. The van der Waals surface area contributed by atoms with E-state index in [0.29, 0.717) is 18.8 Å². The molecule has 5 rings (SSSR count). The number of likely N-dealkylation sites (N-methyl/N-ethyl adjacent to an activating group) is 1. The zero-order valence-electron chi connectivity index (χ0n) is 16.9. The molecule has 4 unspecified atom stereocenters. The molecule has 0 N–H and O–H groups in total. The predicted octanol–water partition coefficient (Wildman–Crippen LogP) is 2.58. The molecular formula is C22H27NO5. The number of hydrogen-bond donors (Lipinski definition) is 0. The third kappa shape index (κ3) is 1.97. The van der Waals surface area contributed by atoms with Crippen LogP contribution in [0, 0.1) is 0 Å². The smallest absolute Gasteiger partial charge is 0.307 e. The van der Waals surface area contributed by atoms with E-state index >= 15 is 0 Å². The minimum Gasteiger partial charge on any atom is -0.493 e. The van der Waals surface area contributed by atoms with E-state index in [9.17, 15) is 4.79 Å². The number of esters is 1. The Kier molecular flexibility index (Phi) is 3.84. The summed E-state index contributed by atoms with van der Waals surface area (Å²) >= 11 is 0. The molecule has 150 valence electrons. The molecule has 0 saturated carbocycles. The molecule has 0 radical (unpaired) electrons. The summed E-state index contributed by atoms with van der Waals surface area (Å²) < 4.78 is 24.5. The maximum atomic E-state index is 11.8. The summed E-state index contributed by atoms with van der Waals surface area (Å²) in [4.78, 5) is 14.2. The number of nitrogens with zero attached hydrogens (tertiary/aromatic N) is 1. The molecule has 2 aliphatic heterocycles. The van der Waals surface area contributed by atoms with E-state index in [4.69, 9.17) is 18.9 Å². The van der Waals surface area contributed by atoms with E-state index in [1.54, 1.807) is 7.11 Å². The van der Waals surface area contributed by atoms with Gasteiger partial charge >= 0.3 is 5.97 Å². The number of methoxy groups -OCH3 is 1. The first kappa shape index (κ1) is 18.0. The van der Waals surface area contributed by atoms with E-state index < -0.39 is 5.60 Å². The van der Waals surface area contributed by atoms with Gasteiger partial charge in [-0.3, -0.25) is 4.79 Å². The fourth-order valence-corrected chi connectivity index (χ4v) is 6.26. The van der Waals surface area contributed by atoms with Crippen molar-refractivity contribution in [1.82, 2.24) is 4.90 Å². The lowest BCUT2D eigenvalue weighted by Crippen LogP contribution is -2.75. The summed E-state index contributed by atoms with van der Waals surface area (Å²) in [6, 6.07) is 4.40. The van der Waals surface area contributed by atoms with Crippen LogP contribution in [0.2, 0.25) is 0 Å². The molecule has 6 heteroatoms. The number of piperidine rings is 1. The summed E-state index contributed by atoms with van der Waals surface area (Å²) in [6.45, 7) is 5.07. The molecular weight excluding hydrogens is 358 g/mol. The zero-order chi connectivity index (χ0) is 19.7. The lowest BCUT2D eigenvalue weighted by atomic mass is 9.50. The van der Waals surface area contributed by atoms with Gasteiger partial charge in [-0.2, -0.15) is 0 Å². The van der Waals surface area contributed by atoms with Crippen molar-refractivity contribution < 1.29 is 23.7 Å². The van der Waals surface area contributed by atoms with Crippen molar-refractivity contribution in [1.29, 1.82) is 0 Å². The normalized spacial score (nSPS) is 34.9. The molecule has 1 fully saturated rings. The molecule has 28 heavy (non-hydrogen) atoms. The molecule has 1 aromatic rings. The van der Waals surface area contributed by atoms with Crippen LogP contribution in [-0.2, 0) is 26.1 Å². The van der Waals surface area contributed by atoms with Crippen molar-refractivity contribution in [3.63, 3.8) is 0 Å². The molecule has 4 aliphatic rings. The predicted molar refractivity (Wildman–Crippen MR) is 103 cm³/mol. The first-order valence-corrected chi connectivity index (χ1v) is 10.1. The average Bonchev–Trinajstić information content (AvgIpc) is 3.02. The van der Waals surface area contributed by atoms with Crippen LogP contribution in [0.5, 0.6) is 11.5 Å². The first-order valence-electron chi connectivity index (χ1n) is 10.1. The lowest BCUT2D eigenvalue weighted by Gasteiger charge is -2.63. The molecule has 1 saturated heterocycles. The van der Waals surface area contributed by atoms with Crippen LogP contribution >= 0.6 is 0 Å². The Morgan fingerprint density at radius 2 is 2.21 bits per heavy atom. The Morgan fingerprint density at radius 1 is 1.39 bits per heavy atom. The van der Waals surface area contributed by atoms with Crippen molar-refractivity contribution in [2.45, 2.75) is 56.3 Å². The number of ether oxygens (including phenoxy) is 4. The van der Waals surface area contributed by atoms with Gasteiger partial charge in [-0.25, -0.2) is 0 Å². The average molecular weight is 385 g/mol. The van der Waals surface area contributed by atoms with Gasteiger partial charge in [-0.05, 0) is 51.1 Å². The summed E-state index contributed by atoms with van der Waals surface area (Å²) in [5, 5.41) is 0. The van der Waals surface area contributed by atoms with Gasteiger partial charge in [0.2, 0.25) is 0 Å². The van der Waals surface area contributed by atoms with Gasteiger partial charge < -0.3 is 23.8 Å². The van der Waals surface area contributed by atoms with Crippen molar-refractivity contribution in [2.75, 3.05) is 27.3 Å². The van der Waals surface area contributed by atoms with Crippen LogP contribution in [0.25, 0.3) is 0 Å². The van der Waals surface area contributed by atoms with E-state index in [1.165, 1.54) is 18.1 Å². The Morgan fingerprint density at radius 3 is 2.93 bits per heavy atom. The highest BCUT2D eigenvalue weighted by Gasteiger charge is 2.73. The minimum absolute atomic E-state index is 0.245. The topological polar surface area (TPSA) is 57.2 Å². The van der Waals surface area contributed by atoms with Gasteiger partial charge in [0, 0.05) is 31.6 Å². The minimum atomic E-state index is -0.409. The Balaban J connectivity index is 1.80. The van der Waals surface area contributed by atoms with Crippen molar-refractivity contribution in [3.05, 3.63) is 35.1 Å². The second-order valence-electron chi connectivity index (χ2n) is 8.28. The molecule has 0 aromatic heterocycles. The third-order valence-corrected chi connectivity index (χ3v) is 7.18. The summed E-state index contributed by atoms with van der Waals surface area (Å²) in [6.07, 6.45) is 4.14. The highest BCUT2D eigenvalue weighted by molar-refractivity contribution is 5.69. The fraction of sp³-hybridized carbons (Fsp3) is 0.591. The van der Waals surface area contributed by atoms with Crippen LogP contribution in [0.15, 0.2) is 24.0 Å². The van der Waals surface area contributed by atoms with Crippen LogP contribution in [-0.4, -0.2) is 55.9 Å². The van der Waals surface area contributed by atoms with Crippen LogP contribution < -0.4 is 9.47 Å². The Hall–Kier alpha value is -2.05. The van der Waals surface area contributed by atoms with Gasteiger partial charge in [0.15, 0.2) is 17.6 Å². The van der Waals surface area contributed by atoms with E-state index in [-0.39, 0.29) is 23.5 Å². The number of benzene rings is 1. The first-order chi connectivity index (χ1) is 13.5. The number of rotatable bonds is 4. The van der Waals surface area contributed by atoms with Crippen molar-refractivity contribution in [3.8, 4) is 11.5 Å². The molecule has 1 aromatic carbocycles. The van der Waals surface area contributed by atoms with Gasteiger partial charge in [0.05, 0.1) is 12.5 Å². The molecule has 2 aliphatic carbocycles. The molecule has 2 heterocycles. The quantitative estimate of drug-likeness (QED) is 0.743. The monoisotopic (exact) mass is 385 g/mol. The molecule has 1 spiro atoms. The van der Waals surface area contributed by atoms with Crippen molar-refractivity contribution in [2.24, 2.45) is 0 Å². The highest BCUT2D eigenvalue weighted by Crippen LogP contribution is 2.66. The summed E-state index contributed by atoms with van der Waals surface area (Å²) in [5.74, 6) is 1.81. The molecule has 2 bridgehead atoms. The van der Waals surface area contributed by atoms with Gasteiger partial charge in [0.1, 0.15) is 11.4 Å².